The second kappa shape index (κ2) is 6.04. The molecule has 0 radical (unpaired) electrons. The monoisotopic (exact) mass is 287 g/mol. The molecule has 0 aromatic heterocycles. The molecule has 2 atom stereocenters. The van der Waals surface area contributed by atoms with Gasteiger partial charge in [0.2, 0.25) is 0 Å². The van der Waals surface area contributed by atoms with Gasteiger partial charge in [0.25, 0.3) is 0 Å². The van der Waals surface area contributed by atoms with E-state index in [1.54, 1.807) is 0 Å². The number of halogens is 3. The lowest BCUT2D eigenvalue weighted by molar-refractivity contribution is -0.137. The van der Waals surface area contributed by atoms with E-state index in [0.717, 1.165) is 30.9 Å². The van der Waals surface area contributed by atoms with Gasteiger partial charge in [-0.15, -0.1) is 0 Å². The predicted molar refractivity (Wildman–Crippen MR) is 72.9 cm³/mol. The number of anilines is 1. The molecule has 1 aromatic carbocycles. The molecule has 1 aliphatic heterocycles. The number of hydrogen-bond acceptors (Lipinski definition) is 2. The van der Waals surface area contributed by atoms with Crippen molar-refractivity contribution in [2.24, 2.45) is 0 Å². The summed E-state index contributed by atoms with van der Waals surface area (Å²) < 4.78 is 43.8. The highest BCUT2D eigenvalue weighted by atomic mass is 19.4. The molecule has 1 saturated heterocycles. The molecule has 20 heavy (non-hydrogen) atoms. The maximum atomic E-state index is 12.7. The molecule has 0 aliphatic carbocycles. The molecule has 2 unspecified atom stereocenters. The summed E-state index contributed by atoms with van der Waals surface area (Å²) in [6, 6.07) is 4.02. The Hall–Kier alpha value is -1.23. The van der Waals surface area contributed by atoms with Crippen molar-refractivity contribution >= 4 is 5.69 Å². The van der Waals surface area contributed by atoms with Crippen LogP contribution in [-0.4, -0.2) is 18.8 Å². The van der Waals surface area contributed by atoms with Gasteiger partial charge in [-0.05, 0) is 43.9 Å². The zero-order valence-corrected chi connectivity index (χ0v) is 11.8. The molecule has 1 N–H and O–H groups in total. The molecule has 1 aromatic rings. The summed E-state index contributed by atoms with van der Waals surface area (Å²) in [6.07, 6.45) is -1.50. The van der Waals surface area contributed by atoms with Crippen LogP contribution in [0.5, 0.6) is 0 Å². The van der Waals surface area contributed by atoms with Crippen molar-refractivity contribution in [1.29, 1.82) is 0 Å². The molecule has 0 spiro atoms. The van der Waals surface area contributed by atoms with Crippen molar-refractivity contribution in [3.63, 3.8) is 0 Å². The Kier molecular flexibility index (Phi) is 4.58. The zero-order valence-electron chi connectivity index (χ0n) is 11.8. The topological polar surface area (TPSA) is 21.3 Å². The Balaban J connectivity index is 2.12. The van der Waals surface area contributed by atoms with Gasteiger partial charge in [-0.1, -0.05) is 13.0 Å². The van der Waals surface area contributed by atoms with Crippen molar-refractivity contribution in [1.82, 2.24) is 0 Å². The van der Waals surface area contributed by atoms with Crippen molar-refractivity contribution in [2.45, 2.75) is 51.4 Å². The van der Waals surface area contributed by atoms with Crippen LogP contribution in [-0.2, 0) is 10.9 Å². The quantitative estimate of drug-likeness (QED) is 0.890. The molecule has 1 fully saturated rings. The summed E-state index contributed by atoms with van der Waals surface area (Å²) in [4.78, 5) is 0. The Morgan fingerprint density at radius 2 is 2.10 bits per heavy atom. The fourth-order valence-electron chi connectivity index (χ4n) is 2.47. The molecule has 0 amide bonds. The summed E-state index contributed by atoms with van der Waals surface area (Å²) in [6.45, 7) is 4.54. The third-order valence-electron chi connectivity index (χ3n) is 3.75. The lowest BCUT2D eigenvalue weighted by Gasteiger charge is -2.30. The van der Waals surface area contributed by atoms with Crippen LogP contribution in [0, 0.1) is 6.92 Å². The van der Waals surface area contributed by atoms with E-state index in [2.05, 4.69) is 12.2 Å². The lowest BCUT2D eigenvalue weighted by Crippen LogP contribution is -2.33. The average molecular weight is 287 g/mol. The number of alkyl halides is 3. The molecular weight excluding hydrogens is 267 g/mol. The summed E-state index contributed by atoms with van der Waals surface area (Å²) in [7, 11) is 0. The summed E-state index contributed by atoms with van der Waals surface area (Å²) in [5.74, 6) is 0. The van der Waals surface area contributed by atoms with Crippen LogP contribution in [0.15, 0.2) is 18.2 Å². The number of benzene rings is 1. The molecule has 112 valence electrons. The highest BCUT2D eigenvalue weighted by Crippen LogP contribution is 2.32. The minimum absolute atomic E-state index is 0.177. The Morgan fingerprint density at radius 3 is 2.75 bits per heavy atom. The minimum atomic E-state index is -4.30. The number of rotatable bonds is 3. The maximum absolute atomic E-state index is 12.7. The molecule has 2 rings (SSSR count). The number of aryl methyl sites for hydroxylation is 1. The van der Waals surface area contributed by atoms with Crippen LogP contribution in [0.1, 0.15) is 37.3 Å². The van der Waals surface area contributed by atoms with Gasteiger partial charge in [-0.25, -0.2) is 0 Å². The first-order chi connectivity index (χ1) is 9.40. The van der Waals surface area contributed by atoms with Crippen LogP contribution in [0.4, 0.5) is 18.9 Å². The Bertz CT molecular complexity index is 459. The van der Waals surface area contributed by atoms with Gasteiger partial charge in [0, 0.05) is 18.3 Å². The van der Waals surface area contributed by atoms with E-state index >= 15 is 0 Å². The van der Waals surface area contributed by atoms with E-state index in [0.29, 0.717) is 12.3 Å². The number of hydrogen-bond donors (Lipinski definition) is 1. The average Bonchev–Trinajstić information content (AvgIpc) is 2.40. The summed E-state index contributed by atoms with van der Waals surface area (Å²) in [5.41, 5.74) is 0.795. The van der Waals surface area contributed by atoms with Crippen LogP contribution < -0.4 is 5.32 Å². The third kappa shape index (κ3) is 3.66. The predicted octanol–water partition coefficient (Wildman–Crippen LogP) is 4.38. The highest BCUT2D eigenvalue weighted by molar-refractivity contribution is 5.54. The van der Waals surface area contributed by atoms with Crippen LogP contribution >= 0.6 is 0 Å². The fraction of sp³-hybridized carbons (Fsp3) is 0.600. The van der Waals surface area contributed by atoms with E-state index in [-0.39, 0.29) is 12.1 Å². The minimum Gasteiger partial charge on any atom is -0.382 e. The van der Waals surface area contributed by atoms with Gasteiger partial charge in [0.05, 0.1) is 11.7 Å². The van der Waals surface area contributed by atoms with Crippen LogP contribution in [0.2, 0.25) is 0 Å². The van der Waals surface area contributed by atoms with Gasteiger partial charge in [-0.3, -0.25) is 0 Å². The van der Waals surface area contributed by atoms with Gasteiger partial charge in [0.15, 0.2) is 0 Å². The molecule has 1 aliphatic rings. The largest absolute Gasteiger partial charge is 0.416 e. The Morgan fingerprint density at radius 1 is 1.35 bits per heavy atom. The van der Waals surface area contributed by atoms with Crippen molar-refractivity contribution < 1.29 is 17.9 Å². The zero-order chi connectivity index (χ0) is 14.8. The van der Waals surface area contributed by atoms with E-state index in [9.17, 15) is 13.2 Å². The summed E-state index contributed by atoms with van der Waals surface area (Å²) in [5, 5.41) is 3.25. The second-order valence-electron chi connectivity index (χ2n) is 5.29. The van der Waals surface area contributed by atoms with Gasteiger partial charge < -0.3 is 10.1 Å². The summed E-state index contributed by atoms with van der Waals surface area (Å²) >= 11 is 0. The van der Waals surface area contributed by atoms with Gasteiger partial charge in [0.1, 0.15) is 0 Å². The van der Waals surface area contributed by atoms with E-state index < -0.39 is 11.7 Å². The molecule has 0 bridgehead atoms. The standard InChI is InChI=1S/C15H20F3NO/c1-3-13-9-12(6-7-20-13)19-14-8-11(15(16,17)18)5-4-10(14)2/h4-5,8,12-13,19H,3,6-7,9H2,1-2H3. The molecule has 5 heteroatoms. The lowest BCUT2D eigenvalue weighted by atomic mass is 10.0. The highest BCUT2D eigenvalue weighted by Gasteiger charge is 2.31. The second-order valence-corrected chi connectivity index (χ2v) is 5.29. The molecule has 0 saturated carbocycles. The molecular formula is C15H20F3NO. The third-order valence-corrected chi connectivity index (χ3v) is 3.75. The number of ether oxygens (including phenoxy) is 1. The van der Waals surface area contributed by atoms with Crippen LogP contribution in [0.3, 0.4) is 0 Å². The normalized spacial score (nSPS) is 23.6. The molecule has 2 nitrogen and oxygen atoms in total. The SMILES string of the molecule is CCC1CC(Nc2cc(C(F)(F)F)ccc2C)CCO1. The van der Waals surface area contributed by atoms with Crippen molar-refractivity contribution in [3.05, 3.63) is 29.3 Å². The van der Waals surface area contributed by atoms with Gasteiger partial charge >= 0.3 is 6.18 Å². The first-order valence-corrected chi connectivity index (χ1v) is 6.96. The van der Waals surface area contributed by atoms with E-state index in [1.807, 2.05) is 6.92 Å². The first-order valence-electron chi connectivity index (χ1n) is 6.96. The van der Waals surface area contributed by atoms with E-state index in [1.165, 1.54) is 12.1 Å². The van der Waals surface area contributed by atoms with Crippen molar-refractivity contribution in [3.8, 4) is 0 Å². The number of nitrogens with one attached hydrogen (secondary N) is 1. The fourth-order valence-corrected chi connectivity index (χ4v) is 2.47. The molecule has 1 heterocycles. The Labute approximate surface area is 117 Å². The maximum Gasteiger partial charge on any atom is 0.416 e. The van der Waals surface area contributed by atoms with Crippen LogP contribution in [0.25, 0.3) is 0 Å². The smallest absolute Gasteiger partial charge is 0.382 e. The van der Waals surface area contributed by atoms with E-state index in [4.69, 9.17) is 4.74 Å². The van der Waals surface area contributed by atoms with Gasteiger partial charge in [-0.2, -0.15) is 13.2 Å². The van der Waals surface area contributed by atoms with Crippen molar-refractivity contribution in [2.75, 3.05) is 11.9 Å². The first kappa shape index (κ1) is 15.2.